The third-order valence-corrected chi connectivity index (χ3v) is 10.1. The molecule has 0 fully saturated rings. The average Bonchev–Trinajstić information content (AvgIpc) is 2.65. The van der Waals surface area contributed by atoms with Gasteiger partial charge < -0.3 is 9.16 Å². The van der Waals surface area contributed by atoms with Crippen LogP contribution in [0.5, 0.6) is 0 Å². The Balaban J connectivity index is 2.65. The largest absolute Gasteiger partial charge is 0.417 e. The Bertz CT molecular complexity index is 629. The molecule has 0 heterocycles. The minimum Gasteiger partial charge on any atom is -0.417 e. The molecule has 0 aliphatic heterocycles. The summed E-state index contributed by atoms with van der Waals surface area (Å²) >= 11 is 0. The van der Waals surface area contributed by atoms with Crippen LogP contribution in [0.4, 0.5) is 0 Å². The van der Waals surface area contributed by atoms with Crippen LogP contribution in [-0.4, -0.2) is 26.8 Å². The molecule has 0 aliphatic carbocycles. The van der Waals surface area contributed by atoms with Gasteiger partial charge in [-0.3, -0.25) is 4.79 Å². The fourth-order valence-corrected chi connectivity index (χ4v) is 3.63. The molecule has 156 valence electrons. The summed E-state index contributed by atoms with van der Waals surface area (Å²) in [5.74, 6) is 0.0652. The second kappa shape index (κ2) is 11.5. The molecule has 0 amide bonds. The SMILES string of the molecule is C=CC(=O)/C=C/[C@H](C)[C@@H](CCCO[Si](C)(C)C(C)(C)C)OCc1ccccc1. The molecule has 3 nitrogen and oxygen atoms in total. The zero-order valence-electron chi connectivity index (χ0n) is 18.5. The predicted octanol–water partition coefficient (Wildman–Crippen LogP) is 6.32. The summed E-state index contributed by atoms with van der Waals surface area (Å²) in [6.45, 7) is 18.3. The number of allylic oxidation sites excluding steroid dienone is 2. The molecular weight excluding hydrogens is 364 g/mol. The van der Waals surface area contributed by atoms with Gasteiger partial charge in [0.25, 0.3) is 0 Å². The zero-order valence-corrected chi connectivity index (χ0v) is 19.5. The van der Waals surface area contributed by atoms with E-state index >= 15 is 0 Å². The Kier molecular flexibility index (Phi) is 10.1. The van der Waals surface area contributed by atoms with Gasteiger partial charge in [0.15, 0.2) is 14.1 Å². The second-order valence-corrected chi connectivity index (χ2v) is 13.7. The third kappa shape index (κ3) is 8.68. The van der Waals surface area contributed by atoms with Gasteiger partial charge in [0, 0.05) is 12.5 Å². The van der Waals surface area contributed by atoms with Crippen molar-refractivity contribution in [1.82, 2.24) is 0 Å². The van der Waals surface area contributed by atoms with Crippen molar-refractivity contribution < 1.29 is 14.0 Å². The van der Waals surface area contributed by atoms with Gasteiger partial charge >= 0.3 is 0 Å². The van der Waals surface area contributed by atoms with Crippen LogP contribution in [0.25, 0.3) is 0 Å². The molecule has 0 bridgehead atoms. The average molecular weight is 403 g/mol. The number of carbonyl (C=O) groups excluding carboxylic acids is 1. The molecule has 0 saturated carbocycles. The first-order chi connectivity index (χ1) is 13.1. The minimum atomic E-state index is -1.72. The molecule has 1 rings (SSSR count). The van der Waals surface area contributed by atoms with Crippen LogP contribution in [0.2, 0.25) is 18.1 Å². The van der Waals surface area contributed by atoms with Gasteiger partial charge in [-0.25, -0.2) is 0 Å². The lowest BCUT2D eigenvalue weighted by Gasteiger charge is -2.36. The van der Waals surface area contributed by atoms with Crippen LogP contribution >= 0.6 is 0 Å². The summed E-state index contributed by atoms with van der Waals surface area (Å²) in [7, 11) is -1.72. The number of rotatable bonds is 12. The Morgan fingerprint density at radius 3 is 2.43 bits per heavy atom. The molecule has 1 aromatic carbocycles. The molecule has 4 heteroatoms. The van der Waals surface area contributed by atoms with Gasteiger partial charge in [-0.1, -0.05) is 70.7 Å². The van der Waals surface area contributed by atoms with Crippen LogP contribution < -0.4 is 0 Å². The number of ether oxygens (including phenoxy) is 1. The fraction of sp³-hybridized carbons (Fsp3) is 0.542. The first-order valence-electron chi connectivity index (χ1n) is 10.2. The van der Waals surface area contributed by atoms with Crippen LogP contribution in [-0.2, 0) is 20.6 Å². The van der Waals surface area contributed by atoms with Gasteiger partial charge in [-0.05, 0) is 48.7 Å². The van der Waals surface area contributed by atoms with E-state index in [0.29, 0.717) is 6.61 Å². The molecule has 28 heavy (non-hydrogen) atoms. The molecule has 0 N–H and O–H groups in total. The van der Waals surface area contributed by atoms with Gasteiger partial charge in [0.05, 0.1) is 12.7 Å². The molecule has 0 spiro atoms. The van der Waals surface area contributed by atoms with Crippen molar-refractivity contribution in [3.63, 3.8) is 0 Å². The summed E-state index contributed by atoms with van der Waals surface area (Å²) in [6.07, 6.45) is 6.72. The normalized spacial score (nSPS) is 14.8. The molecular formula is C24H38O3Si. The molecule has 0 unspecified atom stereocenters. The van der Waals surface area contributed by atoms with Crippen LogP contribution in [0, 0.1) is 5.92 Å². The Morgan fingerprint density at radius 2 is 1.86 bits per heavy atom. The molecule has 0 saturated heterocycles. The Labute approximate surface area is 173 Å². The summed E-state index contributed by atoms with van der Waals surface area (Å²) in [5, 5.41) is 0.220. The Morgan fingerprint density at radius 1 is 1.21 bits per heavy atom. The summed E-state index contributed by atoms with van der Waals surface area (Å²) in [4.78, 5) is 11.5. The van der Waals surface area contributed by atoms with Crippen molar-refractivity contribution in [2.24, 2.45) is 5.92 Å². The molecule has 0 aromatic heterocycles. The van der Waals surface area contributed by atoms with E-state index in [0.717, 1.165) is 25.0 Å². The Hall–Kier alpha value is -1.49. The summed E-state index contributed by atoms with van der Waals surface area (Å²) in [5.41, 5.74) is 1.16. The second-order valence-electron chi connectivity index (χ2n) is 8.91. The fourth-order valence-electron chi connectivity index (χ4n) is 2.54. The van der Waals surface area contributed by atoms with Crippen LogP contribution in [0.3, 0.4) is 0 Å². The first kappa shape index (κ1) is 24.5. The quantitative estimate of drug-likeness (QED) is 0.233. The topological polar surface area (TPSA) is 35.5 Å². The number of hydrogen-bond acceptors (Lipinski definition) is 3. The molecule has 0 aliphatic rings. The number of hydrogen-bond donors (Lipinski definition) is 0. The maximum atomic E-state index is 11.5. The summed E-state index contributed by atoms with van der Waals surface area (Å²) in [6, 6.07) is 10.2. The highest BCUT2D eigenvalue weighted by molar-refractivity contribution is 6.74. The van der Waals surface area contributed by atoms with E-state index in [1.165, 1.54) is 6.08 Å². The monoisotopic (exact) mass is 402 g/mol. The number of carbonyl (C=O) groups is 1. The van der Waals surface area contributed by atoms with E-state index in [1.807, 2.05) is 24.3 Å². The van der Waals surface area contributed by atoms with Crippen molar-refractivity contribution in [2.75, 3.05) is 6.61 Å². The van der Waals surface area contributed by atoms with E-state index in [-0.39, 0.29) is 22.8 Å². The first-order valence-corrected chi connectivity index (χ1v) is 13.1. The van der Waals surface area contributed by atoms with E-state index in [1.54, 1.807) is 6.08 Å². The highest BCUT2D eigenvalue weighted by Crippen LogP contribution is 2.36. The van der Waals surface area contributed by atoms with Crippen molar-refractivity contribution in [2.45, 2.75) is 71.4 Å². The highest BCUT2D eigenvalue weighted by atomic mass is 28.4. The van der Waals surface area contributed by atoms with E-state index in [9.17, 15) is 4.79 Å². The molecule has 0 radical (unpaired) electrons. The molecule has 1 aromatic rings. The van der Waals surface area contributed by atoms with Crippen molar-refractivity contribution in [3.05, 3.63) is 60.7 Å². The van der Waals surface area contributed by atoms with Gasteiger partial charge in [0.1, 0.15) is 0 Å². The summed E-state index contributed by atoms with van der Waals surface area (Å²) < 4.78 is 12.5. The number of ketones is 1. The minimum absolute atomic E-state index is 0.0390. The molecule has 2 atom stereocenters. The van der Waals surface area contributed by atoms with Crippen LogP contribution in [0.1, 0.15) is 46.1 Å². The highest BCUT2D eigenvalue weighted by Gasteiger charge is 2.36. The van der Waals surface area contributed by atoms with Gasteiger partial charge in [-0.15, -0.1) is 0 Å². The zero-order chi connectivity index (χ0) is 21.2. The lowest BCUT2D eigenvalue weighted by molar-refractivity contribution is -0.110. The lowest BCUT2D eigenvalue weighted by Crippen LogP contribution is -2.41. The van der Waals surface area contributed by atoms with Crippen molar-refractivity contribution in [1.29, 1.82) is 0 Å². The van der Waals surface area contributed by atoms with Gasteiger partial charge in [-0.2, -0.15) is 0 Å². The standard InChI is InChI=1S/C24H38O3Si/c1-8-22(25)17-16-20(2)23(26-19-21-13-10-9-11-14-21)15-12-18-27-28(6,7)24(3,4)5/h8-11,13-14,16-17,20,23H,1,12,15,18-19H2,2-7H3/b17-16+/t20-,23+/m0/s1. The number of benzene rings is 1. The maximum absolute atomic E-state index is 11.5. The van der Waals surface area contributed by atoms with Crippen molar-refractivity contribution >= 4 is 14.1 Å². The van der Waals surface area contributed by atoms with Crippen LogP contribution in [0.15, 0.2) is 55.1 Å². The maximum Gasteiger partial charge on any atom is 0.191 e. The van der Waals surface area contributed by atoms with E-state index in [2.05, 4.69) is 59.5 Å². The van der Waals surface area contributed by atoms with E-state index in [4.69, 9.17) is 9.16 Å². The van der Waals surface area contributed by atoms with Gasteiger partial charge in [0.2, 0.25) is 0 Å². The van der Waals surface area contributed by atoms with E-state index < -0.39 is 8.32 Å². The van der Waals surface area contributed by atoms with Crippen molar-refractivity contribution in [3.8, 4) is 0 Å². The smallest absolute Gasteiger partial charge is 0.191 e. The predicted molar refractivity (Wildman–Crippen MR) is 121 cm³/mol. The third-order valence-electron chi connectivity index (χ3n) is 5.56. The lowest BCUT2D eigenvalue weighted by atomic mass is 9.99.